The third kappa shape index (κ3) is 5.07. The molecular weight excluding hydrogens is 442 g/mol. The second-order valence-corrected chi connectivity index (χ2v) is 8.80. The first kappa shape index (κ1) is 23.3. The highest BCUT2D eigenvalue weighted by atomic mass is 35.5. The van der Waals surface area contributed by atoms with E-state index in [9.17, 15) is 14.7 Å². The number of Topliss-reactive ketones (excluding diaryl/α,β-unsaturated/α-hetero) is 1. The van der Waals surface area contributed by atoms with Crippen LogP contribution in [0.4, 0.5) is 0 Å². The minimum absolute atomic E-state index is 0.0694. The van der Waals surface area contributed by atoms with Crippen LogP contribution in [-0.4, -0.2) is 47.6 Å². The van der Waals surface area contributed by atoms with Crippen LogP contribution in [0, 0.1) is 0 Å². The number of amides is 1. The molecule has 0 spiro atoms. The van der Waals surface area contributed by atoms with Gasteiger partial charge in [-0.05, 0) is 61.2 Å². The molecule has 2 heterocycles. The summed E-state index contributed by atoms with van der Waals surface area (Å²) in [4.78, 5) is 27.7. The average Bonchev–Trinajstić information content (AvgIpc) is 3.42. The van der Waals surface area contributed by atoms with Gasteiger partial charge in [0.05, 0.1) is 24.3 Å². The van der Waals surface area contributed by atoms with Crippen molar-refractivity contribution in [2.75, 3.05) is 19.8 Å². The summed E-state index contributed by atoms with van der Waals surface area (Å²) in [6, 6.07) is 13.2. The van der Waals surface area contributed by atoms with E-state index < -0.39 is 17.7 Å². The van der Waals surface area contributed by atoms with Crippen molar-refractivity contribution < 1.29 is 24.2 Å². The number of halogens is 1. The molecule has 0 bridgehead atoms. The number of hydrogen-bond donors (Lipinski definition) is 1. The Hall–Kier alpha value is -2.83. The van der Waals surface area contributed by atoms with Gasteiger partial charge in [0.2, 0.25) is 0 Å². The van der Waals surface area contributed by atoms with Crippen molar-refractivity contribution in [3.8, 4) is 5.75 Å². The highest BCUT2D eigenvalue weighted by Gasteiger charge is 2.47. The Labute approximate surface area is 198 Å². The van der Waals surface area contributed by atoms with Crippen molar-refractivity contribution in [1.29, 1.82) is 0 Å². The highest BCUT2D eigenvalue weighted by Crippen LogP contribution is 2.40. The Kier molecular flexibility index (Phi) is 7.36. The van der Waals surface area contributed by atoms with Gasteiger partial charge in [0.25, 0.3) is 11.7 Å². The van der Waals surface area contributed by atoms with Crippen molar-refractivity contribution in [3.05, 3.63) is 70.3 Å². The number of benzene rings is 2. The maximum absolute atomic E-state index is 13.1. The number of nitrogens with zero attached hydrogens (tertiary/aromatic N) is 1. The molecule has 7 heteroatoms. The predicted molar refractivity (Wildman–Crippen MR) is 126 cm³/mol. The van der Waals surface area contributed by atoms with Crippen molar-refractivity contribution in [3.63, 3.8) is 0 Å². The molecule has 1 N–H and O–H groups in total. The molecule has 0 radical (unpaired) electrons. The smallest absolute Gasteiger partial charge is 0.295 e. The molecule has 33 heavy (non-hydrogen) atoms. The number of aliphatic hydroxyl groups is 1. The van der Waals surface area contributed by atoms with Crippen molar-refractivity contribution in [2.24, 2.45) is 0 Å². The first-order valence-electron chi connectivity index (χ1n) is 11.4. The molecule has 1 amide bonds. The monoisotopic (exact) mass is 469 g/mol. The van der Waals surface area contributed by atoms with E-state index in [0.717, 1.165) is 37.0 Å². The quantitative estimate of drug-likeness (QED) is 0.251. The average molecular weight is 470 g/mol. The lowest BCUT2D eigenvalue weighted by Gasteiger charge is -2.27. The van der Waals surface area contributed by atoms with E-state index in [1.165, 1.54) is 4.90 Å². The van der Waals surface area contributed by atoms with E-state index in [1.54, 1.807) is 24.3 Å². The zero-order chi connectivity index (χ0) is 23.4. The fraction of sp³-hybridized carbons (Fsp3) is 0.385. The summed E-state index contributed by atoms with van der Waals surface area (Å²) < 4.78 is 11.5. The first-order valence-corrected chi connectivity index (χ1v) is 11.8. The predicted octanol–water partition coefficient (Wildman–Crippen LogP) is 5.12. The molecule has 0 aliphatic carbocycles. The number of carbonyl (C=O) groups excluding carboxylic acids is 2. The Morgan fingerprint density at radius 2 is 1.88 bits per heavy atom. The van der Waals surface area contributed by atoms with Gasteiger partial charge in [-0.15, -0.1) is 0 Å². The fourth-order valence-corrected chi connectivity index (χ4v) is 4.39. The van der Waals surface area contributed by atoms with Crippen LogP contribution < -0.4 is 4.74 Å². The number of rotatable bonds is 8. The molecule has 2 atom stereocenters. The summed E-state index contributed by atoms with van der Waals surface area (Å²) >= 11 is 5.98. The number of likely N-dealkylation sites (tertiary alicyclic amines) is 1. The topological polar surface area (TPSA) is 76.1 Å². The molecule has 2 aliphatic heterocycles. The van der Waals surface area contributed by atoms with Crippen LogP contribution >= 0.6 is 11.6 Å². The van der Waals surface area contributed by atoms with Gasteiger partial charge in [-0.25, -0.2) is 0 Å². The summed E-state index contributed by atoms with van der Waals surface area (Å²) in [7, 11) is 0. The van der Waals surface area contributed by atoms with Crippen molar-refractivity contribution in [2.45, 2.75) is 44.8 Å². The summed E-state index contributed by atoms with van der Waals surface area (Å²) in [5.41, 5.74) is 1.23. The molecule has 2 aromatic rings. The maximum atomic E-state index is 13.1. The highest BCUT2D eigenvalue weighted by molar-refractivity contribution is 6.46. The molecule has 0 aromatic heterocycles. The van der Waals surface area contributed by atoms with Crippen LogP contribution in [0.15, 0.2) is 54.1 Å². The second-order valence-electron chi connectivity index (χ2n) is 8.36. The van der Waals surface area contributed by atoms with Crippen LogP contribution in [0.5, 0.6) is 5.75 Å². The molecule has 4 rings (SSSR count). The van der Waals surface area contributed by atoms with Crippen molar-refractivity contribution in [1.82, 2.24) is 4.90 Å². The van der Waals surface area contributed by atoms with Gasteiger partial charge < -0.3 is 19.5 Å². The van der Waals surface area contributed by atoms with E-state index in [1.807, 2.05) is 24.3 Å². The number of aliphatic hydroxyl groups excluding tert-OH is 1. The van der Waals surface area contributed by atoms with E-state index in [4.69, 9.17) is 21.1 Å². The normalized spacial score (nSPS) is 22.2. The van der Waals surface area contributed by atoms with E-state index in [0.29, 0.717) is 30.3 Å². The SMILES string of the molecule is CCCCOc1ccc([C@H]2C(=C(O)c3ccc(Cl)cc3)C(=O)C(=O)N2C[C@@H]2CCCO2)cc1. The number of unbranched alkanes of at least 4 members (excludes halogenated alkanes) is 1. The maximum Gasteiger partial charge on any atom is 0.295 e. The molecule has 2 aromatic carbocycles. The van der Waals surface area contributed by atoms with E-state index >= 15 is 0 Å². The Bertz CT molecular complexity index is 1030. The van der Waals surface area contributed by atoms with Gasteiger partial charge in [-0.3, -0.25) is 9.59 Å². The van der Waals surface area contributed by atoms with Gasteiger partial charge >= 0.3 is 0 Å². The number of carbonyl (C=O) groups is 2. The molecule has 6 nitrogen and oxygen atoms in total. The van der Waals surface area contributed by atoms with Crippen LogP contribution in [0.1, 0.15) is 49.8 Å². The van der Waals surface area contributed by atoms with E-state index in [-0.39, 0.29) is 17.4 Å². The lowest BCUT2D eigenvalue weighted by molar-refractivity contribution is -0.140. The number of ketones is 1. The van der Waals surface area contributed by atoms with Gasteiger partial charge in [0.1, 0.15) is 11.5 Å². The third-order valence-corrected chi connectivity index (χ3v) is 6.30. The molecule has 0 saturated carbocycles. The second kappa shape index (κ2) is 10.4. The Morgan fingerprint density at radius 3 is 2.52 bits per heavy atom. The summed E-state index contributed by atoms with van der Waals surface area (Å²) in [6.45, 7) is 3.67. The van der Waals surface area contributed by atoms with Crippen LogP contribution in [0.3, 0.4) is 0 Å². The zero-order valence-corrected chi connectivity index (χ0v) is 19.4. The van der Waals surface area contributed by atoms with Gasteiger partial charge in [0, 0.05) is 23.7 Å². The number of hydrogen-bond acceptors (Lipinski definition) is 5. The fourth-order valence-electron chi connectivity index (χ4n) is 4.27. The Balaban J connectivity index is 1.72. The van der Waals surface area contributed by atoms with Crippen LogP contribution in [0.25, 0.3) is 5.76 Å². The largest absolute Gasteiger partial charge is 0.507 e. The lowest BCUT2D eigenvalue weighted by atomic mass is 9.95. The van der Waals surface area contributed by atoms with Crippen LogP contribution in [-0.2, 0) is 14.3 Å². The Morgan fingerprint density at radius 1 is 1.15 bits per heavy atom. The number of ether oxygens (including phenoxy) is 2. The lowest BCUT2D eigenvalue weighted by Crippen LogP contribution is -2.36. The molecular formula is C26H28ClNO5. The molecule has 174 valence electrons. The minimum atomic E-state index is -0.713. The first-order chi connectivity index (χ1) is 16.0. The van der Waals surface area contributed by atoms with E-state index in [2.05, 4.69) is 6.92 Å². The van der Waals surface area contributed by atoms with Crippen LogP contribution in [0.2, 0.25) is 5.02 Å². The molecule has 2 aliphatic rings. The minimum Gasteiger partial charge on any atom is -0.507 e. The summed E-state index contributed by atoms with van der Waals surface area (Å²) in [6.07, 6.45) is 3.63. The summed E-state index contributed by atoms with van der Waals surface area (Å²) in [5.74, 6) is -0.822. The molecule has 0 unspecified atom stereocenters. The van der Waals surface area contributed by atoms with Gasteiger partial charge in [0.15, 0.2) is 0 Å². The molecule has 2 saturated heterocycles. The zero-order valence-electron chi connectivity index (χ0n) is 18.6. The molecule has 2 fully saturated rings. The van der Waals surface area contributed by atoms with Gasteiger partial charge in [-0.1, -0.05) is 37.1 Å². The van der Waals surface area contributed by atoms with Crippen molar-refractivity contribution >= 4 is 29.1 Å². The van der Waals surface area contributed by atoms with Gasteiger partial charge in [-0.2, -0.15) is 0 Å². The third-order valence-electron chi connectivity index (χ3n) is 6.04. The standard InChI is InChI=1S/C26H28ClNO5/c1-2-3-14-32-20-12-8-17(9-13-20)23-22(24(29)18-6-10-19(27)11-7-18)25(30)26(31)28(23)16-21-5-4-15-33-21/h6-13,21,23,29H,2-5,14-16H2,1H3/t21-,23-/m0/s1. The summed E-state index contributed by atoms with van der Waals surface area (Å²) in [5, 5.41) is 11.6.